The van der Waals surface area contributed by atoms with Crippen LogP contribution in [0.3, 0.4) is 0 Å². The molecule has 0 spiro atoms. The summed E-state index contributed by atoms with van der Waals surface area (Å²) >= 11 is 0. The highest BCUT2D eigenvalue weighted by molar-refractivity contribution is 7.92. The first-order valence-electron chi connectivity index (χ1n) is 9.34. The van der Waals surface area contributed by atoms with Gasteiger partial charge in [0, 0.05) is 18.8 Å². The summed E-state index contributed by atoms with van der Waals surface area (Å²) in [6.45, 7) is 3.58. The van der Waals surface area contributed by atoms with E-state index in [1.807, 2.05) is 44.3 Å². The third kappa shape index (κ3) is 7.47. The van der Waals surface area contributed by atoms with Crippen molar-refractivity contribution < 1.29 is 22.6 Å². The molecule has 2 aromatic carbocycles. The van der Waals surface area contributed by atoms with Crippen molar-refractivity contribution in [3.63, 3.8) is 0 Å². The van der Waals surface area contributed by atoms with Gasteiger partial charge in [0.15, 0.2) is 11.5 Å². The lowest BCUT2D eigenvalue weighted by atomic mass is 10.1. The number of methoxy groups -OCH3 is 2. The van der Waals surface area contributed by atoms with Crippen molar-refractivity contribution in [2.75, 3.05) is 45.3 Å². The Balaban J connectivity index is 1.87. The lowest BCUT2D eigenvalue weighted by molar-refractivity contribution is 0.153. The highest BCUT2D eigenvalue weighted by Gasteiger charge is 2.16. The van der Waals surface area contributed by atoms with E-state index in [0.29, 0.717) is 22.9 Å². The lowest BCUT2D eigenvalue weighted by Crippen LogP contribution is -2.32. The van der Waals surface area contributed by atoms with Gasteiger partial charge in [0.05, 0.1) is 20.5 Å². The van der Waals surface area contributed by atoms with Gasteiger partial charge in [0.1, 0.15) is 6.10 Å². The van der Waals surface area contributed by atoms with E-state index >= 15 is 0 Å². The van der Waals surface area contributed by atoms with Crippen molar-refractivity contribution in [2.24, 2.45) is 0 Å². The van der Waals surface area contributed by atoms with Gasteiger partial charge in [0.2, 0.25) is 15.8 Å². The third-order valence-electron chi connectivity index (χ3n) is 4.31. The van der Waals surface area contributed by atoms with Gasteiger partial charge in [-0.1, -0.05) is 18.2 Å². The monoisotopic (exact) mass is 422 g/mol. The van der Waals surface area contributed by atoms with Crippen LogP contribution in [0.1, 0.15) is 12.5 Å². The summed E-state index contributed by atoms with van der Waals surface area (Å²) in [6, 6.07) is 13.0. The van der Waals surface area contributed by atoms with E-state index in [2.05, 4.69) is 9.62 Å². The second kappa shape index (κ2) is 10.4. The number of sulfonamides is 1. The molecule has 0 bridgehead atoms. The molecule has 8 heteroatoms. The second-order valence-corrected chi connectivity index (χ2v) is 8.75. The van der Waals surface area contributed by atoms with E-state index < -0.39 is 10.0 Å². The Labute approximate surface area is 173 Å². The minimum Gasteiger partial charge on any atom is -0.493 e. The molecule has 1 N–H and O–H groups in total. The first-order valence-corrected chi connectivity index (χ1v) is 11.2. The topological polar surface area (TPSA) is 77.1 Å². The molecule has 160 valence electrons. The number of hydrogen-bond acceptors (Lipinski definition) is 6. The van der Waals surface area contributed by atoms with Crippen molar-refractivity contribution in [1.29, 1.82) is 0 Å². The Morgan fingerprint density at radius 2 is 1.62 bits per heavy atom. The SMILES string of the molecule is COc1cccc(OC)c1OC(C)CN(C)CCc1ccc(NS(C)(=O)=O)cc1. The first-order chi connectivity index (χ1) is 13.7. The minimum absolute atomic E-state index is 0.0634. The van der Waals surface area contributed by atoms with Crippen LogP contribution in [0.2, 0.25) is 0 Å². The van der Waals surface area contributed by atoms with Crippen molar-refractivity contribution in [1.82, 2.24) is 4.90 Å². The van der Waals surface area contributed by atoms with Gasteiger partial charge in [-0.05, 0) is 50.2 Å². The highest BCUT2D eigenvalue weighted by Crippen LogP contribution is 2.37. The van der Waals surface area contributed by atoms with Crippen LogP contribution in [0.4, 0.5) is 5.69 Å². The average molecular weight is 423 g/mol. The van der Waals surface area contributed by atoms with Gasteiger partial charge >= 0.3 is 0 Å². The number of likely N-dealkylation sites (N-methyl/N-ethyl adjacent to an activating group) is 1. The van der Waals surface area contributed by atoms with Crippen LogP contribution < -0.4 is 18.9 Å². The van der Waals surface area contributed by atoms with E-state index in [-0.39, 0.29) is 6.10 Å². The van der Waals surface area contributed by atoms with Crippen molar-refractivity contribution in [3.05, 3.63) is 48.0 Å². The highest BCUT2D eigenvalue weighted by atomic mass is 32.2. The maximum Gasteiger partial charge on any atom is 0.229 e. The fourth-order valence-electron chi connectivity index (χ4n) is 2.98. The Bertz CT molecular complexity index is 862. The van der Waals surface area contributed by atoms with Gasteiger partial charge in [-0.25, -0.2) is 8.42 Å². The fourth-order valence-corrected chi connectivity index (χ4v) is 3.54. The predicted molar refractivity (Wildman–Crippen MR) is 116 cm³/mol. The summed E-state index contributed by atoms with van der Waals surface area (Å²) in [4.78, 5) is 2.19. The molecule has 0 fully saturated rings. The lowest BCUT2D eigenvalue weighted by Gasteiger charge is -2.24. The van der Waals surface area contributed by atoms with Crippen LogP contribution >= 0.6 is 0 Å². The van der Waals surface area contributed by atoms with Crippen LogP contribution in [0, 0.1) is 0 Å². The summed E-state index contributed by atoms with van der Waals surface area (Å²) in [5.41, 5.74) is 1.70. The van der Waals surface area contributed by atoms with E-state index in [9.17, 15) is 8.42 Å². The molecule has 1 unspecified atom stereocenters. The Morgan fingerprint density at radius 1 is 1.03 bits per heavy atom. The van der Waals surface area contributed by atoms with Gasteiger partial charge in [0.25, 0.3) is 0 Å². The van der Waals surface area contributed by atoms with E-state index in [4.69, 9.17) is 14.2 Å². The Hall–Kier alpha value is -2.45. The number of nitrogens with zero attached hydrogens (tertiary/aromatic N) is 1. The number of benzene rings is 2. The molecule has 0 saturated heterocycles. The van der Waals surface area contributed by atoms with Crippen molar-refractivity contribution in [3.8, 4) is 17.2 Å². The number of ether oxygens (including phenoxy) is 3. The summed E-state index contributed by atoms with van der Waals surface area (Å²) in [6.07, 6.45) is 1.92. The van der Waals surface area contributed by atoms with E-state index in [1.165, 1.54) is 0 Å². The van der Waals surface area contributed by atoms with Gasteiger partial charge in [-0.3, -0.25) is 4.72 Å². The number of nitrogens with one attached hydrogen (secondary N) is 1. The standard InChI is InChI=1S/C21H30N2O5S/c1-16(28-21-19(26-3)7-6-8-20(21)27-4)15-23(2)14-13-17-9-11-18(12-10-17)22-29(5,24)25/h6-12,16,22H,13-15H2,1-5H3. The van der Waals surface area contributed by atoms with Gasteiger partial charge in [-0.2, -0.15) is 0 Å². The zero-order chi connectivity index (χ0) is 21.4. The Morgan fingerprint density at radius 3 is 2.14 bits per heavy atom. The fraction of sp³-hybridized carbons (Fsp3) is 0.429. The molecule has 0 aliphatic carbocycles. The first kappa shape index (κ1) is 22.8. The molecular formula is C21H30N2O5S. The molecule has 0 amide bonds. The zero-order valence-corrected chi connectivity index (χ0v) is 18.5. The van der Waals surface area contributed by atoms with Crippen LogP contribution in [-0.2, 0) is 16.4 Å². The number of para-hydroxylation sites is 1. The molecule has 2 rings (SSSR count). The number of rotatable bonds is 11. The molecule has 0 radical (unpaired) electrons. The zero-order valence-electron chi connectivity index (χ0n) is 17.6. The largest absolute Gasteiger partial charge is 0.493 e. The quantitative estimate of drug-likeness (QED) is 0.600. The summed E-state index contributed by atoms with van der Waals surface area (Å²) < 4.78 is 41.8. The third-order valence-corrected chi connectivity index (χ3v) is 4.92. The molecule has 0 aromatic heterocycles. The van der Waals surface area contributed by atoms with Crippen molar-refractivity contribution in [2.45, 2.75) is 19.4 Å². The normalized spacial score (nSPS) is 12.5. The summed E-state index contributed by atoms with van der Waals surface area (Å²) in [5.74, 6) is 1.88. The maximum atomic E-state index is 11.3. The van der Waals surface area contributed by atoms with Gasteiger partial charge < -0.3 is 19.1 Å². The van der Waals surface area contributed by atoms with Crippen LogP contribution in [0.5, 0.6) is 17.2 Å². The molecule has 7 nitrogen and oxygen atoms in total. The smallest absolute Gasteiger partial charge is 0.229 e. The van der Waals surface area contributed by atoms with E-state index in [1.54, 1.807) is 26.4 Å². The number of hydrogen-bond donors (Lipinski definition) is 1. The average Bonchev–Trinajstić information content (AvgIpc) is 2.66. The molecule has 0 heterocycles. The Kier molecular flexibility index (Phi) is 8.16. The van der Waals surface area contributed by atoms with Crippen LogP contribution in [0.25, 0.3) is 0 Å². The summed E-state index contributed by atoms with van der Waals surface area (Å²) in [7, 11) is 2.00. The molecule has 0 saturated carbocycles. The predicted octanol–water partition coefficient (Wildman–Crippen LogP) is 3.02. The van der Waals surface area contributed by atoms with Crippen LogP contribution in [0.15, 0.2) is 42.5 Å². The van der Waals surface area contributed by atoms with E-state index in [0.717, 1.165) is 31.3 Å². The van der Waals surface area contributed by atoms with Gasteiger partial charge in [-0.15, -0.1) is 0 Å². The molecule has 1 atom stereocenters. The van der Waals surface area contributed by atoms with Crippen molar-refractivity contribution >= 4 is 15.7 Å². The second-order valence-electron chi connectivity index (χ2n) is 7.00. The van der Waals surface area contributed by atoms with Crippen LogP contribution in [-0.4, -0.2) is 60.0 Å². The summed E-state index contributed by atoms with van der Waals surface area (Å²) in [5, 5.41) is 0. The molecule has 2 aromatic rings. The molecule has 29 heavy (non-hydrogen) atoms. The molecule has 0 aliphatic rings. The maximum absolute atomic E-state index is 11.3. The minimum atomic E-state index is -3.26. The molecule has 0 aliphatic heterocycles. The number of anilines is 1. The molecular weight excluding hydrogens is 392 g/mol.